The highest BCUT2D eigenvalue weighted by atomic mass is 35.5. The van der Waals surface area contributed by atoms with Crippen LogP contribution in [0.25, 0.3) is 0 Å². The van der Waals surface area contributed by atoms with Crippen LogP contribution in [0.1, 0.15) is 28.8 Å². The highest BCUT2D eigenvalue weighted by molar-refractivity contribution is 6.30. The Morgan fingerprint density at radius 1 is 1.11 bits per heavy atom. The lowest BCUT2D eigenvalue weighted by Gasteiger charge is -2.32. The van der Waals surface area contributed by atoms with Crippen LogP contribution in [0.3, 0.4) is 0 Å². The van der Waals surface area contributed by atoms with Crippen LogP contribution in [0.5, 0.6) is 5.75 Å². The third kappa shape index (κ3) is 5.72. The van der Waals surface area contributed by atoms with E-state index in [-0.39, 0.29) is 11.7 Å². The number of ketones is 1. The average Bonchev–Trinajstić information content (AvgIpc) is 2.67. The van der Waals surface area contributed by atoms with Crippen LogP contribution in [-0.2, 0) is 6.18 Å². The van der Waals surface area contributed by atoms with Gasteiger partial charge in [-0.1, -0.05) is 11.6 Å². The van der Waals surface area contributed by atoms with Crippen molar-refractivity contribution in [2.24, 2.45) is 5.92 Å². The minimum absolute atomic E-state index is 0.0426. The Kier molecular flexibility index (Phi) is 6.62. The van der Waals surface area contributed by atoms with Gasteiger partial charge in [-0.05, 0) is 67.9 Å². The second-order valence-electron chi connectivity index (χ2n) is 7.01. The Morgan fingerprint density at radius 2 is 1.79 bits per heavy atom. The fraction of sp³-hybridized carbons (Fsp3) is 0.381. The third-order valence-electron chi connectivity index (χ3n) is 4.80. The summed E-state index contributed by atoms with van der Waals surface area (Å²) < 4.78 is 43.5. The maximum absolute atomic E-state index is 12.6. The SMILES string of the molecule is O=C(CN1CCCC(COc2ccc(C(F)(F)F)cc2)C1)c1ccc(Cl)cc1. The van der Waals surface area contributed by atoms with Gasteiger partial charge in [-0.3, -0.25) is 9.69 Å². The molecule has 0 aromatic heterocycles. The van der Waals surface area contributed by atoms with Crippen molar-refractivity contribution in [3.8, 4) is 5.75 Å². The molecule has 1 saturated heterocycles. The van der Waals surface area contributed by atoms with Crippen LogP contribution in [0.15, 0.2) is 48.5 Å². The zero-order valence-electron chi connectivity index (χ0n) is 15.2. The van der Waals surface area contributed by atoms with Gasteiger partial charge in [0.1, 0.15) is 5.75 Å². The second-order valence-corrected chi connectivity index (χ2v) is 7.44. The Hall–Kier alpha value is -2.05. The number of carbonyl (C=O) groups excluding carboxylic acids is 1. The summed E-state index contributed by atoms with van der Waals surface area (Å²) in [6.07, 6.45) is -2.43. The van der Waals surface area contributed by atoms with Crippen LogP contribution in [-0.4, -0.2) is 36.9 Å². The van der Waals surface area contributed by atoms with Crippen molar-refractivity contribution in [1.82, 2.24) is 4.90 Å². The quantitative estimate of drug-likeness (QED) is 0.601. The molecule has 0 amide bonds. The van der Waals surface area contributed by atoms with E-state index in [1.54, 1.807) is 24.3 Å². The summed E-state index contributed by atoms with van der Waals surface area (Å²) in [6.45, 7) is 2.31. The molecule has 1 heterocycles. The fourth-order valence-electron chi connectivity index (χ4n) is 3.32. The molecule has 0 bridgehead atoms. The first kappa shape index (κ1) is 20.7. The number of alkyl halides is 3. The van der Waals surface area contributed by atoms with Gasteiger partial charge in [0.05, 0.1) is 18.7 Å². The van der Waals surface area contributed by atoms with Gasteiger partial charge in [0.2, 0.25) is 0 Å². The Bertz CT molecular complexity index is 791. The smallest absolute Gasteiger partial charge is 0.416 e. The highest BCUT2D eigenvalue weighted by Gasteiger charge is 2.30. The first-order chi connectivity index (χ1) is 13.3. The van der Waals surface area contributed by atoms with Crippen molar-refractivity contribution in [3.63, 3.8) is 0 Å². The molecule has 7 heteroatoms. The number of ether oxygens (including phenoxy) is 1. The normalized spacial score (nSPS) is 18.1. The first-order valence-corrected chi connectivity index (χ1v) is 9.50. The van der Waals surface area contributed by atoms with E-state index >= 15 is 0 Å². The standard InChI is InChI=1S/C21H21ClF3NO2/c22-18-7-3-16(4-8-18)20(27)13-26-11-1-2-15(12-26)14-28-19-9-5-17(6-10-19)21(23,24)25/h3-10,15H,1-2,11-14H2. The number of likely N-dealkylation sites (tertiary alicyclic amines) is 1. The molecule has 2 aromatic carbocycles. The Labute approximate surface area is 167 Å². The van der Waals surface area contributed by atoms with E-state index in [1.807, 2.05) is 0 Å². The predicted octanol–water partition coefficient (Wildman–Crippen LogP) is 5.33. The lowest BCUT2D eigenvalue weighted by molar-refractivity contribution is -0.137. The maximum atomic E-state index is 12.6. The van der Waals surface area contributed by atoms with Gasteiger partial charge in [0, 0.05) is 23.0 Å². The number of Topliss-reactive ketones (excluding diaryl/α,β-unsaturated/α-hetero) is 1. The number of piperidine rings is 1. The zero-order valence-corrected chi connectivity index (χ0v) is 16.0. The number of halogens is 4. The van der Waals surface area contributed by atoms with Crippen LogP contribution >= 0.6 is 11.6 Å². The van der Waals surface area contributed by atoms with Crippen molar-refractivity contribution < 1.29 is 22.7 Å². The van der Waals surface area contributed by atoms with E-state index < -0.39 is 11.7 Å². The molecule has 0 N–H and O–H groups in total. The average molecular weight is 412 g/mol. The van der Waals surface area contributed by atoms with Gasteiger partial charge < -0.3 is 4.74 Å². The summed E-state index contributed by atoms with van der Waals surface area (Å²) in [5.41, 5.74) is -0.0584. The third-order valence-corrected chi connectivity index (χ3v) is 5.06. The summed E-state index contributed by atoms with van der Waals surface area (Å²) in [5.74, 6) is 0.692. The van der Waals surface area contributed by atoms with Crippen molar-refractivity contribution in [2.45, 2.75) is 19.0 Å². The van der Waals surface area contributed by atoms with Crippen LogP contribution in [0.2, 0.25) is 5.02 Å². The molecular weight excluding hydrogens is 391 g/mol. The number of rotatable bonds is 6. The molecule has 1 unspecified atom stereocenters. The summed E-state index contributed by atoms with van der Waals surface area (Å²) in [7, 11) is 0. The predicted molar refractivity (Wildman–Crippen MR) is 102 cm³/mol. The van der Waals surface area contributed by atoms with Crippen molar-refractivity contribution >= 4 is 17.4 Å². The molecule has 3 nitrogen and oxygen atoms in total. The largest absolute Gasteiger partial charge is 0.493 e. The topological polar surface area (TPSA) is 29.5 Å². The highest BCUT2D eigenvalue weighted by Crippen LogP contribution is 2.30. The van der Waals surface area contributed by atoms with E-state index in [2.05, 4.69) is 4.90 Å². The van der Waals surface area contributed by atoms with E-state index in [9.17, 15) is 18.0 Å². The molecule has 1 atom stereocenters. The fourth-order valence-corrected chi connectivity index (χ4v) is 3.44. The molecule has 2 aromatic rings. The lowest BCUT2D eigenvalue weighted by atomic mass is 9.98. The molecule has 3 rings (SSSR count). The summed E-state index contributed by atoms with van der Waals surface area (Å²) in [5, 5.41) is 0.593. The van der Waals surface area contributed by atoms with E-state index in [0.717, 1.165) is 38.1 Å². The van der Waals surface area contributed by atoms with Gasteiger partial charge in [-0.2, -0.15) is 13.2 Å². The molecule has 0 radical (unpaired) electrons. The van der Waals surface area contributed by atoms with E-state index in [0.29, 0.717) is 29.5 Å². The van der Waals surface area contributed by atoms with Gasteiger partial charge in [0.15, 0.2) is 5.78 Å². The molecular formula is C21H21ClF3NO2. The molecule has 1 aliphatic rings. The van der Waals surface area contributed by atoms with E-state index in [1.165, 1.54) is 12.1 Å². The monoisotopic (exact) mass is 411 g/mol. The van der Waals surface area contributed by atoms with Crippen molar-refractivity contribution in [3.05, 3.63) is 64.7 Å². The molecule has 1 aliphatic heterocycles. The molecule has 150 valence electrons. The maximum Gasteiger partial charge on any atom is 0.416 e. The minimum Gasteiger partial charge on any atom is -0.493 e. The minimum atomic E-state index is -4.35. The number of hydrogen-bond acceptors (Lipinski definition) is 3. The number of benzene rings is 2. The van der Waals surface area contributed by atoms with Gasteiger partial charge >= 0.3 is 6.18 Å². The van der Waals surface area contributed by atoms with Gasteiger partial charge in [-0.15, -0.1) is 0 Å². The lowest BCUT2D eigenvalue weighted by Crippen LogP contribution is -2.40. The van der Waals surface area contributed by atoms with Crippen LogP contribution in [0, 0.1) is 5.92 Å². The zero-order chi connectivity index (χ0) is 20.1. The molecule has 1 fully saturated rings. The van der Waals surface area contributed by atoms with Gasteiger partial charge in [0.25, 0.3) is 0 Å². The number of carbonyl (C=O) groups is 1. The van der Waals surface area contributed by atoms with Crippen LogP contribution in [0.4, 0.5) is 13.2 Å². The van der Waals surface area contributed by atoms with Crippen molar-refractivity contribution in [2.75, 3.05) is 26.2 Å². The molecule has 28 heavy (non-hydrogen) atoms. The second kappa shape index (κ2) is 8.97. The summed E-state index contributed by atoms with van der Waals surface area (Å²) >= 11 is 5.85. The summed E-state index contributed by atoms with van der Waals surface area (Å²) in [4.78, 5) is 14.5. The molecule has 0 aliphatic carbocycles. The van der Waals surface area contributed by atoms with Crippen molar-refractivity contribution in [1.29, 1.82) is 0 Å². The first-order valence-electron chi connectivity index (χ1n) is 9.12. The molecule has 0 saturated carbocycles. The number of nitrogens with zero attached hydrogens (tertiary/aromatic N) is 1. The number of hydrogen-bond donors (Lipinski definition) is 0. The van der Waals surface area contributed by atoms with Gasteiger partial charge in [-0.25, -0.2) is 0 Å². The molecule has 0 spiro atoms. The van der Waals surface area contributed by atoms with E-state index in [4.69, 9.17) is 16.3 Å². The Balaban J connectivity index is 1.49. The van der Waals surface area contributed by atoms with Crippen LogP contribution < -0.4 is 4.74 Å². The summed E-state index contributed by atoms with van der Waals surface area (Å²) in [6, 6.07) is 11.6. The Morgan fingerprint density at radius 3 is 2.43 bits per heavy atom.